The Morgan fingerprint density at radius 1 is 0.903 bits per heavy atom. The molecule has 0 atom stereocenters. The summed E-state index contributed by atoms with van der Waals surface area (Å²) in [5.41, 5.74) is 1.98. The Labute approximate surface area is 179 Å². The average molecular weight is 423 g/mol. The van der Waals surface area contributed by atoms with Gasteiger partial charge in [0.25, 0.3) is 5.91 Å². The van der Waals surface area contributed by atoms with Gasteiger partial charge in [-0.25, -0.2) is 9.69 Å². The fourth-order valence-electron chi connectivity index (χ4n) is 3.29. The fourth-order valence-corrected chi connectivity index (χ4v) is 3.29. The normalized spacial score (nSPS) is 14.1. The molecule has 0 unspecified atom stereocenters. The summed E-state index contributed by atoms with van der Waals surface area (Å²) < 4.78 is 15.4. The second kappa shape index (κ2) is 8.83. The van der Waals surface area contributed by atoms with Crippen LogP contribution in [0, 0.1) is 0 Å². The van der Waals surface area contributed by atoms with Crippen LogP contribution in [0.2, 0.25) is 0 Å². The van der Waals surface area contributed by atoms with Crippen molar-refractivity contribution in [3.63, 3.8) is 0 Å². The van der Waals surface area contributed by atoms with E-state index in [1.807, 2.05) is 0 Å². The maximum atomic E-state index is 13.1. The Morgan fingerprint density at radius 3 is 2.10 bits per heavy atom. The Kier molecular flexibility index (Phi) is 6.20. The van der Waals surface area contributed by atoms with Crippen LogP contribution in [-0.4, -0.2) is 44.4 Å². The SMILES string of the molecule is COC(=O)COc1ccc(C(OC)=C2C(=O)N(C(C)=O)c3ccc(C(C)=O)cc32)cc1. The van der Waals surface area contributed by atoms with Gasteiger partial charge in [0.2, 0.25) is 5.91 Å². The van der Waals surface area contributed by atoms with Gasteiger partial charge in [0.1, 0.15) is 11.5 Å². The molecular weight excluding hydrogens is 402 g/mol. The van der Waals surface area contributed by atoms with Crippen LogP contribution in [0.3, 0.4) is 0 Å². The summed E-state index contributed by atoms with van der Waals surface area (Å²) in [6.07, 6.45) is 0. The molecular formula is C23H21NO7. The third-order valence-electron chi connectivity index (χ3n) is 4.78. The highest BCUT2D eigenvalue weighted by Gasteiger charge is 2.38. The monoisotopic (exact) mass is 423 g/mol. The first-order valence-electron chi connectivity index (χ1n) is 9.37. The van der Waals surface area contributed by atoms with Crippen molar-refractivity contribution < 1.29 is 33.4 Å². The molecule has 31 heavy (non-hydrogen) atoms. The van der Waals surface area contributed by atoms with E-state index in [-0.39, 0.29) is 23.7 Å². The Bertz CT molecular complexity index is 1100. The summed E-state index contributed by atoms with van der Waals surface area (Å²) in [4.78, 5) is 49.4. The number of methoxy groups -OCH3 is 2. The highest BCUT2D eigenvalue weighted by Crippen LogP contribution is 2.42. The van der Waals surface area contributed by atoms with Gasteiger partial charge in [0, 0.05) is 23.6 Å². The molecule has 160 valence electrons. The lowest BCUT2D eigenvalue weighted by Gasteiger charge is -2.13. The quantitative estimate of drug-likeness (QED) is 0.305. The van der Waals surface area contributed by atoms with Gasteiger partial charge in [0.05, 0.1) is 25.5 Å². The number of nitrogens with zero attached hydrogens (tertiary/aromatic N) is 1. The molecule has 0 saturated carbocycles. The van der Waals surface area contributed by atoms with Crippen molar-refractivity contribution in [2.75, 3.05) is 25.7 Å². The molecule has 2 amide bonds. The van der Waals surface area contributed by atoms with Gasteiger partial charge in [-0.15, -0.1) is 0 Å². The Morgan fingerprint density at radius 2 is 1.55 bits per heavy atom. The van der Waals surface area contributed by atoms with Gasteiger partial charge in [-0.2, -0.15) is 0 Å². The lowest BCUT2D eigenvalue weighted by Crippen LogP contribution is -2.31. The van der Waals surface area contributed by atoms with Crippen molar-refractivity contribution in [1.82, 2.24) is 0 Å². The first kappa shape index (κ1) is 21.8. The van der Waals surface area contributed by atoms with E-state index in [1.54, 1.807) is 42.5 Å². The molecule has 8 nitrogen and oxygen atoms in total. The maximum absolute atomic E-state index is 13.1. The summed E-state index contributed by atoms with van der Waals surface area (Å²) in [7, 11) is 2.69. The van der Waals surface area contributed by atoms with E-state index in [4.69, 9.17) is 9.47 Å². The predicted octanol–water partition coefficient (Wildman–Crippen LogP) is 2.85. The molecule has 0 fully saturated rings. The molecule has 2 aromatic rings. The molecule has 1 heterocycles. The number of hydrogen-bond acceptors (Lipinski definition) is 7. The lowest BCUT2D eigenvalue weighted by molar-refractivity contribution is -0.143. The lowest BCUT2D eigenvalue weighted by atomic mass is 9.99. The maximum Gasteiger partial charge on any atom is 0.343 e. The largest absolute Gasteiger partial charge is 0.495 e. The van der Waals surface area contributed by atoms with Crippen LogP contribution in [0.4, 0.5) is 5.69 Å². The van der Waals surface area contributed by atoms with Gasteiger partial charge in [-0.05, 0) is 49.4 Å². The molecule has 0 aromatic heterocycles. The fraction of sp³-hybridized carbons (Fsp3) is 0.217. The van der Waals surface area contributed by atoms with Crippen LogP contribution in [0.25, 0.3) is 11.3 Å². The third-order valence-corrected chi connectivity index (χ3v) is 4.78. The number of imide groups is 1. The van der Waals surface area contributed by atoms with E-state index < -0.39 is 17.8 Å². The van der Waals surface area contributed by atoms with Gasteiger partial charge in [-0.1, -0.05) is 0 Å². The number of carbonyl (C=O) groups excluding carboxylic acids is 4. The predicted molar refractivity (Wildman–Crippen MR) is 112 cm³/mol. The highest BCUT2D eigenvalue weighted by molar-refractivity contribution is 6.43. The van der Waals surface area contributed by atoms with Crippen LogP contribution in [-0.2, 0) is 23.9 Å². The third kappa shape index (κ3) is 4.18. The molecule has 0 aliphatic carbocycles. The number of anilines is 1. The summed E-state index contributed by atoms with van der Waals surface area (Å²) in [5, 5.41) is 0. The number of ketones is 1. The average Bonchev–Trinajstić information content (AvgIpc) is 3.04. The van der Waals surface area contributed by atoms with Crippen LogP contribution in [0.5, 0.6) is 5.75 Å². The van der Waals surface area contributed by atoms with Crippen molar-refractivity contribution in [2.24, 2.45) is 0 Å². The molecule has 1 aliphatic heterocycles. The molecule has 8 heteroatoms. The molecule has 0 N–H and O–H groups in total. The van der Waals surface area contributed by atoms with E-state index in [9.17, 15) is 19.2 Å². The van der Waals surface area contributed by atoms with Gasteiger partial charge in [0.15, 0.2) is 12.4 Å². The Balaban J connectivity index is 2.09. The zero-order chi connectivity index (χ0) is 22.7. The van der Waals surface area contributed by atoms with Crippen molar-refractivity contribution in [1.29, 1.82) is 0 Å². The van der Waals surface area contributed by atoms with E-state index >= 15 is 0 Å². The van der Waals surface area contributed by atoms with E-state index in [0.717, 1.165) is 4.90 Å². The molecule has 0 saturated heterocycles. The second-order valence-corrected chi connectivity index (χ2v) is 6.75. The van der Waals surface area contributed by atoms with Crippen LogP contribution in [0.15, 0.2) is 42.5 Å². The zero-order valence-electron chi connectivity index (χ0n) is 17.6. The topological polar surface area (TPSA) is 99.2 Å². The number of rotatable bonds is 6. The zero-order valence-corrected chi connectivity index (χ0v) is 17.6. The number of benzene rings is 2. The molecule has 0 bridgehead atoms. The van der Waals surface area contributed by atoms with Gasteiger partial charge < -0.3 is 14.2 Å². The number of Topliss-reactive ketones (excluding diaryl/α,β-unsaturated/α-hetero) is 1. The van der Waals surface area contributed by atoms with Crippen LogP contribution < -0.4 is 9.64 Å². The van der Waals surface area contributed by atoms with E-state index in [0.29, 0.717) is 28.1 Å². The van der Waals surface area contributed by atoms with Crippen LogP contribution >= 0.6 is 0 Å². The first-order valence-corrected chi connectivity index (χ1v) is 9.37. The first-order chi connectivity index (χ1) is 14.8. The summed E-state index contributed by atoms with van der Waals surface area (Å²) in [5.74, 6) is -0.985. The van der Waals surface area contributed by atoms with E-state index in [2.05, 4.69) is 4.74 Å². The van der Waals surface area contributed by atoms with Crippen molar-refractivity contribution in [2.45, 2.75) is 13.8 Å². The number of ether oxygens (including phenoxy) is 3. The molecule has 2 aromatic carbocycles. The number of hydrogen-bond donors (Lipinski definition) is 0. The minimum absolute atomic E-state index is 0.165. The molecule has 0 spiro atoms. The molecule has 3 rings (SSSR count). The molecule has 1 aliphatic rings. The highest BCUT2D eigenvalue weighted by atomic mass is 16.6. The van der Waals surface area contributed by atoms with Crippen molar-refractivity contribution >= 4 is 40.6 Å². The summed E-state index contributed by atoms with van der Waals surface area (Å²) in [6, 6.07) is 11.3. The smallest absolute Gasteiger partial charge is 0.343 e. The molecule has 0 radical (unpaired) electrons. The minimum atomic E-state index is -0.536. The van der Waals surface area contributed by atoms with E-state index in [1.165, 1.54) is 28.1 Å². The number of fused-ring (bicyclic) bond motifs is 1. The standard InChI is InChI=1S/C23H21NO7/c1-13(25)16-7-10-19-18(11-16)21(23(28)24(19)14(2)26)22(30-4)15-5-8-17(9-6-15)31-12-20(27)29-3/h5-11H,12H2,1-4H3. The van der Waals surface area contributed by atoms with Gasteiger partial charge in [-0.3, -0.25) is 14.4 Å². The number of carbonyl (C=O) groups is 4. The minimum Gasteiger partial charge on any atom is -0.495 e. The Hall–Kier alpha value is -3.94. The van der Waals surface area contributed by atoms with Gasteiger partial charge >= 0.3 is 5.97 Å². The van der Waals surface area contributed by atoms with Crippen molar-refractivity contribution in [3.8, 4) is 5.75 Å². The van der Waals surface area contributed by atoms with Crippen molar-refractivity contribution in [3.05, 3.63) is 59.2 Å². The second-order valence-electron chi connectivity index (χ2n) is 6.75. The summed E-state index contributed by atoms with van der Waals surface area (Å²) >= 11 is 0. The number of esters is 1. The van der Waals surface area contributed by atoms with Crippen LogP contribution in [0.1, 0.15) is 35.3 Å². The number of amides is 2. The summed E-state index contributed by atoms with van der Waals surface area (Å²) in [6.45, 7) is 2.49.